The van der Waals surface area contributed by atoms with E-state index in [1.807, 2.05) is 57.2 Å². The minimum atomic E-state index is -0.935. The predicted molar refractivity (Wildman–Crippen MR) is 111 cm³/mol. The predicted octanol–water partition coefficient (Wildman–Crippen LogP) is 5.28. The van der Waals surface area contributed by atoms with E-state index in [1.165, 1.54) is 6.07 Å². The van der Waals surface area contributed by atoms with Crippen molar-refractivity contribution in [2.45, 2.75) is 39.9 Å². The molecule has 0 bridgehead atoms. The summed E-state index contributed by atoms with van der Waals surface area (Å²) in [5.74, 6) is 0.705. The average Bonchev–Trinajstić information content (AvgIpc) is 2.71. The first-order valence-electron chi connectivity index (χ1n) is 9.25. The SMILES string of the molecule is CCc1cc(OCc2ccccc2)c(C)c(C)c1C(O)c1ccc(O)c(Cl)n1. The second-order valence-corrected chi connectivity index (χ2v) is 7.13. The van der Waals surface area contributed by atoms with Crippen molar-refractivity contribution in [2.75, 3.05) is 0 Å². The van der Waals surface area contributed by atoms with E-state index in [0.717, 1.165) is 40.0 Å². The molecule has 0 radical (unpaired) electrons. The average molecular weight is 398 g/mol. The van der Waals surface area contributed by atoms with E-state index in [1.54, 1.807) is 6.07 Å². The zero-order valence-corrected chi connectivity index (χ0v) is 17.0. The van der Waals surface area contributed by atoms with Gasteiger partial charge in [0.05, 0.1) is 5.69 Å². The first kappa shape index (κ1) is 20.2. The number of pyridine rings is 1. The molecule has 4 nitrogen and oxygen atoms in total. The molecule has 3 rings (SSSR count). The van der Waals surface area contributed by atoms with Gasteiger partial charge in [0, 0.05) is 0 Å². The summed E-state index contributed by atoms with van der Waals surface area (Å²) in [4.78, 5) is 4.13. The molecular weight excluding hydrogens is 374 g/mol. The third-order valence-electron chi connectivity index (χ3n) is 5.01. The summed E-state index contributed by atoms with van der Waals surface area (Å²) < 4.78 is 6.07. The standard InChI is InChI=1S/C23H24ClNO3/c1-4-17-12-20(28-13-16-8-6-5-7-9-16)14(2)15(3)21(17)22(27)18-10-11-19(26)23(24)25-18/h5-12,22,26-27H,4,13H2,1-3H3. The lowest BCUT2D eigenvalue weighted by Gasteiger charge is -2.22. The zero-order chi connectivity index (χ0) is 20.3. The fraction of sp³-hybridized carbons (Fsp3) is 0.261. The number of benzene rings is 2. The van der Waals surface area contributed by atoms with Gasteiger partial charge in [0.25, 0.3) is 0 Å². The van der Waals surface area contributed by atoms with E-state index in [0.29, 0.717) is 12.3 Å². The molecule has 0 amide bonds. The summed E-state index contributed by atoms with van der Waals surface area (Å²) in [6.07, 6.45) is -0.198. The fourth-order valence-corrected chi connectivity index (χ4v) is 3.43. The van der Waals surface area contributed by atoms with Gasteiger partial charge in [-0.3, -0.25) is 0 Å². The first-order chi connectivity index (χ1) is 13.4. The fourth-order valence-electron chi connectivity index (χ4n) is 3.27. The Morgan fingerprint density at radius 2 is 1.79 bits per heavy atom. The summed E-state index contributed by atoms with van der Waals surface area (Å²) in [5.41, 5.74) is 5.24. The van der Waals surface area contributed by atoms with Crippen LogP contribution in [0.5, 0.6) is 11.5 Å². The molecule has 0 saturated heterocycles. The summed E-state index contributed by atoms with van der Waals surface area (Å²) >= 11 is 5.92. The van der Waals surface area contributed by atoms with Crippen LogP contribution in [0, 0.1) is 13.8 Å². The molecule has 146 valence electrons. The van der Waals surface area contributed by atoms with Gasteiger partial charge in [-0.05, 0) is 66.3 Å². The Balaban J connectivity index is 1.95. The molecule has 0 aliphatic heterocycles. The lowest BCUT2D eigenvalue weighted by molar-refractivity contribution is 0.213. The molecule has 2 N–H and O–H groups in total. The molecule has 1 heterocycles. The van der Waals surface area contributed by atoms with Crippen molar-refractivity contribution in [3.8, 4) is 11.5 Å². The third kappa shape index (κ3) is 4.13. The van der Waals surface area contributed by atoms with Gasteiger partial charge in [0.2, 0.25) is 0 Å². The van der Waals surface area contributed by atoms with Crippen LogP contribution in [0.1, 0.15) is 46.5 Å². The van der Waals surface area contributed by atoms with Crippen molar-refractivity contribution in [3.05, 3.63) is 87.2 Å². The molecule has 5 heteroatoms. The Hall–Kier alpha value is -2.56. The molecule has 0 aliphatic carbocycles. The van der Waals surface area contributed by atoms with Crippen LogP contribution in [-0.4, -0.2) is 15.2 Å². The van der Waals surface area contributed by atoms with Crippen LogP contribution in [0.15, 0.2) is 48.5 Å². The Morgan fingerprint density at radius 3 is 2.43 bits per heavy atom. The monoisotopic (exact) mass is 397 g/mol. The number of halogens is 1. The number of rotatable bonds is 6. The van der Waals surface area contributed by atoms with Crippen molar-refractivity contribution in [1.29, 1.82) is 0 Å². The number of aryl methyl sites for hydroxylation is 1. The molecule has 1 unspecified atom stereocenters. The molecular formula is C23H24ClNO3. The van der Waals surface area contributed by atoms with E-state index in [2.05, 4.69) is 4.98 Å². The first-order valence-corrected chi connectivity index (χ1v) is 9.63. The second kappa shape index (κ2) is 8.63. The van der Waals surface area contributed by atoms with Crippen LogP contribution < -0.4 is 4.74 Å². The van der Waals surface area contributed by atoms with Gasteiger partial charge in [-0.2, -0.15) is 0 Å². The topological polar surface area (TPSA) is 62.6 Å². The van der Waals surface area contributed by atoms with Gasteiger partial charge < -0.3 is 14.9 Å². The highest BCUT2D eigenvalue weighted by molar-refractivity contribution is 6.30. The molecule has 1 aromatic heterocycles. The minimum Gasteiger partial charge on any atom is -0.505 e. The summed E-state index contributed by atoms with van der Waals surface area (Å²) in [6, 6.07) is 15.0. The maximum atomic E-state index is 11.0. The van der Waals surface area contributed by atoms with E-state index >= 15 is 0 Å². The van der Waals surface area contributed by atoms with Gasteiger partial charge in [-0.15, -0.1) is 0 Å². The number of aromatic nitrogens is 1. The number of hydrogen-bond donors (Lipinski definition) is 2. The molecule has 28 heavy (non-hydrogen) atoms. The largest absolute Gasteiger partial charge is 0.505 e. The van der Waals surface area contributed by atoms with Crippen LogP contribution in [0.3, 0.4) is 0 Å². The van der Waals surface area contributed by atoms with E-state index in [9.17, 15) is 10.2 Å². The normalized spacial score (nSPS) is 12.0. The van der Waals surface area contributed by atoms with Gasteiger partial charge in [0.15, 0.2) is 10.9 Å². The van der Waals surface area contributed by atoms with Crippen LogP contribution >= 0.6 is 11.6 Å². The van der Waals surface area contributed by atoms with Crippen LogP contribution in [0.4, 0.5) is 0 Å². The van der Waals surface area contributed by atoms with E-state index in [4.69, 9.17) is 16.3 Å². The number of aromatic hydroxyl groups is 1. The number of hydrogen-bond acceptors (Lipinski definition) is 4. The van der Waals surface area contributed by atoms with Gasteiger partial charge in [-0.25, -0.2) is 4.98 Å². The van der Waals surface area contributed by atoms with Crippen LogP contribution in [0.25, 0.3) is 0 Å². The van der Waals surface area contributed by atoms with Gasteiger partial charge in [0.1, 0.15) is 18.5 Å². The highest BCUT2D eigenvalue weighted by Gasteiger charge is 2.22. The van der Waals surface area contributed by atoms with Gasteiger partial charge in [-0.1, -0.05) is 48.9 Å². The minimum absolute atomic E-state index is 0.0215. The smallest absolute Gasteiger partial charge is 0.171 e. The van der Waals surface area contributed by atoms with Crippen molar-refractivity contribution in [2.24, 2.45) is 0 Å². The number of aliphatic hydroxyl groups is 1. The maximum absolute atomic E-state index is 11.0. The lowest BCUT2D eigenvalue weighted by Crippen LogP contribution is -2.10. The summed E-state index contributed by atoms with van der Waals surface area (Å²) in [7, 11) is 0. The highest BCUT2D eigenvalue weighted by atomic mass is 35.5. The number of nitrogens with zero attached hydrogens (tertiary/aromatic N) is 1. The number of aliphatic hydroxyl groups excluding tert-OH is 1. The molecule has 2 aromatic carbocycles. The molecule has 0 fully saturated rings. The van der Waals surface area contributed by atoms with Crippen molar-refractivity contribution >= 4 is 11.6 Å². The Kier molecular flexibility index (Phi) is 6.22. The maximum Gasteiger partial charge on any atom is 0.171 e. The number of ether oxygens (including phenoxy) is 1. The second-order valence-electron chi connectivity index (χ2n) is 6.77. The molecule has 1 atom stereocenters. The van der Waals surface area contributed by atoms with Crippen molar-refractivity contribution in [1.82, 2.24) is 4.98 Å². The lowest BCUT2D eigenvalue weighted by atomic mass is 9.90. The Bertz CT molecular complexity index is 973. The van der Waals surface area contributed by atoms with Gasteiger partial charge >= 0.3 is 0 Å². The van der Waals surface area contributed by atoms with Crippen molar-refractivity contribution < 1.29 is 14.9 Å². The molecule has 0 spiro atoms. The Labute approximate surface area is 170 Å². The van der Waals surface area contributed by atoms with Crippen molar-refractivity contribution in [3.63, 3.8) is 0 Å². The summed E-state index contributed by atoms with van der Waals surface area (Å²) in [5, 5.41) is 20.6. The Morgan fingerprint density at radius 1 is 1.07 bits per heavy atom. The third-order valence-corrected chi connectivity index (χ3v) is 5.29. The van der Waals surface area contributed by atoms with E-state index < -0.39 is 6.10 Å². The zero-order valence-electron chi connectivity index (χ0n) is 16.2. The van der Waals surface area contributed by atoms with Crippen LogP contribution in [0.2, 0.25) is 5.15 Å². The molecule has 0 aliphatic rings. The van der Waals surface area contributed by atoms with Crippen LogP contribution in [-0.2, 0) is 13.0 Å². The highest BCUT2D eigenvalue weighted by Crippen LogP contribution is 2.36. The van der Waals surface area contributed by atoms with E-state index in [-0.39, 0.29) is 10.9 Å². The summed E-state index contributed by atoms with van der Waals surface area (Å²) in [6.45, 7) is 6.49. The molecule has 0 saturated carbocycles. The quantitative estimate of drug-likeness (QED) is 0.555. The molecule has 3 aromatic rings.